The maximum absolute atomic E-state index is 10.6. The fourth-order valence-electron chi connectivity index (χ4n) is 1.19. The summed E-state index contributed by atoms with van der Waals surface area (Å²) in [5, 5.41) is 6.98. The van der Waals surface area contributed by atoms with Crippen LogP contribution in [0.2, 0.25) is 0 Å². The molecule has 1 N–H and O–H groups in total. The minimum atomic E-state index is -0.0185. The quantitative estimate of drug-likeness (QED) is 0.845. The Balaban J connectivity index is 2.55. The van der Waals surface area contributed by atoms with Crippen molar-refractivity contribution in [3.05, 3.63) is 24.0 Å². The predicted molar refractivity (Wildman–Crippen MR) is 64.9 cm³/mol. The van der Waals surface area contributed by atoms with Gasteiger partial charge in [-0.2, -0.15) is 5.10 Å². The Bertz CT molecular complexity index is 385. The molecule has 0 fully saturated rings. The molecule has 0 saturated heterocycles. The van der Waals surface area contributed by atoms with Gasteiger partial charge in [-0.15, -0.1) is 0 Å². The Morgan fingerprint density at radius 1 is 1.56 bits per heavy atom. The zero-order valence-corrected chi connectivity index (χ0v) is 10.3. The fraction of sp³-hybridized carbons (Fsp3) is 0.500. The van der Waals surface area contributed by atoms with E-state index in [9.17, 15) is 4.79 Å². The van der Waals surface area contributed by atoms with E-state index in [0.29, 0.717) is 6.54 Å². The highest BCUT2D eigenvalue weighted by atomic mass is 16.1. The largest absolute Gasteiger partial charge is 0.353 e. The van der Waals surface area contributed by atoms with Crippen LogP contribution >= 0.6 is 0 Å². The van der Waals surface area contributed by atoms with Crippen LogP contribution in [0.15, 0.2) is 18.5 Å². The summed E-state index contributed by atoms with van der Waals surface area (Å²) in [6, 6.07) is 0. The van der Waals surface area contributed by atoms with Crippen molar-refractivity contribution in [3.63, 3.8) is 0 Å². The molecular formula is C12H19N3O. The standard InChI is InChI=1S/C12H19N3O/c1-10(16)13-7-5-6-11-8-14-15(9-11)12(2,3)4/h5-6,8-9H,7H2,1-4H3,(H,13,16). The number of nitrogens with zero attached hydrogens (tertiary/aromatic N) is 2. The van der Waals surface area contributed by atoms with Gasteiger partial charge in [0.1, 0.15) is 0 Å². The van der Waals surface area contributed by atoms with E-state index in [1.165, 1.54) is 6.92 Å². The number of rotatable bonds is 3. The molecule has 1 amide bonds. The first-order valence-electron chi connectivity index (χ1n) is 5.36. The van der Waals surface area contributed by atoms with Crippen LogP contribution in [0, 0.1) is 0 Å². The van der Waals surface area contributed by atoms with E-state index in [1.54, 1.807) is 0 Å². The van der Waals surface area contributed by atoms with Gasteiger partial charge < -0.3 is 5.32 Å². The minimum Gasteiger partial charge on any atom is -0.353 e. The summed E-state index contributed by atoms with van der Waals surface area (Å²) in [6.07, 6.45) is 7.66. The van der Waals surface area contributed by atoms with Crippen molar-refractivity contribution >= 4 is 12.0 Å². The highest BCUT2D eigenvalue weighted by Crippen LogP contribution is 2.13. The fourth-order valence-corrected chi connectivity index (χ4v) is 1.19. The van der Waals surface area contributed by atoms with Gasteiger partial charge in [0, 0.05) is 25.2 Å². The molecule has 0 bridgehead atoms. The number of carbonyl (C=O) groups excluding carboxylic acids is 1. The molecule has 1 heterocycles. The molecule has 0 aromatic carbocycles. The molecule has 0 aliphatic heterocycles. The van der Waals surface area contributed by atoms with E-state index in [4.69, 9.17) is 0 Å². The van der Waals surface area contributed by atoms with Gasteiger partial charge in [-0.1, -0.05) is 12.2 Å². The number of hydrogen-bond acceptors (Lipinski definition) is 2. The first-order chi connectivity index (χ1) is 7.39. The molecule has 0 radical (unpaired) electrons. The molecule has 1 aromatic heterocycles. The maximum Gasteiger partial charge on any atom is 0.217 e. The summed E-state index contributed by atoms with van der Waals surface area (Å²) in [4.78, 5) is 10.6. The Labute approximate surface area is 96.3 Å². The van der Waals surface area contributed by atoms with Gasteiger partial charge in [-0.05, 0) is 20.8 Å². The highest BCUT2D eigenvalue weighted by molar-refractivity contribution is 5.73. The second kappa shape index (κ2) is 4.96. The molecule has 0 aliphatic rings. The Morgan fingerprint density at radius 2 is 2.25 bits per heavy atom. The minimum absolute atomic E-state index is 0.00369. The summed E-state index contributed by atoms with van der Waals surface area (Å²) in [7, 11) is 0. The van der Waals surface area contributed by atoms with Crippen LogP contribution in [0.5, 0.6) is 0 Å². The van der Waals surface area contributed by atoms with Crippen molar-refractivity contribution in [2.75, 3.05) is 6.54 Å². The van der Waals surface area contributed by atoms with E-state index in [-0.39, 0.29) is 11.4 Å². The zero-order valence-electron chi connectivity index (χ0n) is 10.3. The zero-order chi connectivity index (χ0) is 12.2. The normalized spacial score (nSPS) is 12.0. The van der Waals surface area contributed by atoms with Crippen LogP contribution in [-0.4, -0.2) is 22.2 Å². The third kappa shape index (κ3) is 3.88. The molecule has 88 valence electrons. The van der Waals surface area contributed by atoms with Crippen LogP contribution < -0.4 is 5.32 Å². The van der Waals surface area contributed by atoms with Crippen molar-refractivity contribution in [3.8, 4) is 0 Å². The molecule has 0 saturated carbocycles. The Morgan fingerprint density at radius 3 is 2.75 bits per heavy atom. The average molecular weight is 221 g/mol. The molecule has 1 rings (SSSR count). The third-order valence-electron chi connectivity index (χ3n) is 2.07. The van der Waals surface area contributed by atoms with Gasteiger partial charge in [0.2, 0.25) is 5.91 Å². The first-order valence-corrected chi connectivity index (χ1v) is 5.36. The number of amides is 1. The lowest BCUT2D eigenvalue weighted by Crippen LogP contribution is -2.21. The molecule has 0 spiro atoms. The maximum atomic E-state index is 10.6. The predicted octanol–water partition coefficient (Wildman–Crippen LogP) is 1.79. The number of nitrogens with one attached hydrogen (secondary N) is 1. The van der Waals surface area contributed by atoms with E-state index in [0.717, 1.165) is 5.56 Å². The Kier molecular flexibility index (Phi) is 3.88. The summed E-state index contributed by atoms with van der Waals surface area (Å²) < 4.78 is 1.92. The van der Waals surface area contributed by atoms with Crippen molar-refractivity contribution in [1.82, 2.24) is 15.1 Å². The van der Waals surface area contributed by atoms with Crippen molar-refractivity contribution < 1.29 is 4.79 Å². The van der Waals surface area contributed by atoms with Crippen LogP contribution in [0.4, 0.5) is 0 Å². The van der Waals surface area contributed by atoms with E-state index in [1.807, 2.05) is 29.2 Å². The van der Waals surface area contributed by atoms with Gasteiger partial charge in [0.05, 0.1) is 11.7 Å². The summed E-state index contributed by atoms with van der Waals surface area (Å²) in [5.74, 6) is -0.0185. The first kappa shape index (κ1) is 12.5. The van der Waals surface area contributed by atoms with Crippen molar-refractivity contribution in [1.29, 1.82) is 0 Å². The van der Waals surface area contributed by atoms with Gasteiger partial charge >= 0.3 is 0 Å². The second-order valence-corrected chi connectivity index (χ2v) is 4.73. The highest BCUT2D eigenvalue weighted by Gasteiger charge is 2.12. The van der Waals surface area contributed by atoms with Crippen molar-refractivity contribution in [2.24, 2.45) is 0 Å². The van der Waals surface area contributed by atoms with E-state index in [2.05, 4.69) is 31.2 Å². The van der Waals surface area contributed by atoms with Gasteiger partial charge in [-0.25, -0.2) is 0 Å². The average Bonchev–Trinajstić information content (AvgIpc) is 2.59. The Hall–Kier alpha value is -1.58. The molecule has 1 aromatic rings. The molecule has 4 nitrogen and oxygen atoms in total. The SMILES string of the molecule is CC(=O)NCC=Cc1cnn(C(C)(C)C)c1. The van der Waals surface area contributed by atoms with Crippen LogP contribution in [0.3, 0.4) is 0 Å². The summed E-state index contributed by atoms with van der Waals surface area (Å²) >= 11 is 0. The second-order valence-electron chi connectivity index (χ2n) is 4.73. The lowest BCUT2D eigenvalue weighted by atomic mass is 10.1. The summed E-state index contributed by atoms with van der Waals surface area (Å²) in [5.41, 5.74) is 1.05. The molecule has 0 unspecified atom stereocenters. The van der Waals surface area contributed by atoms with Crippen LogP contribution in [-0.2, 0) is 10.3 Å². The lowest BCUT2D eigenvalue weighted by Gasteiger charge is -2.18. The van der Waals surface area contributed by atoms with Crippen molar-refractivity contribution in [2.45, 2.75) is 33.2 Å². The van der Waals surface area contributed by atoms with Crippen LogP contribution in [0.1, 0.15) is 33.3 Å². The molecule has 16 heavy (non-hydrogen) atoms. The molecule has 0 atom stereocenters. The number of hydrogen-bond donors (Lipinski definition) is 1. The molecule has 4 heteroatoms. The number of aromatic nitrogens is 2. The van der Waals surface area contributed by atoms with E-state index < -0.39 is 0 Å². The summed E-state index contributed by atoms with van der Waals surface area (Å²) in [6.45, 7) is 8.36. The van der Waals surface area contributed by atoms with Gasteiger partial charge in [0.15, 0.2) is 0 Å². The smallest absolute Gasteiger partial charge is 0.217 e. The number of carbonyl (C=O) groups is 1. The van der Waals surface area contributed by atoms with Gasteiger partial charge in [0.25, 0.3) is 0 Å². The monoisotopic (exact) mass is 221 g/mol. The topological polar surface area (TPSA) is 46.9 Å². The van der Waals surface area contributed by atoms with Gasteiger partial charge in [-0.3, -0.25) is 9.48 Å². The van der Waals surface area contributed by atoms with E-state index >= 15 is 0 Å². The molecular weight excluding hydrogens is 202 g/mol. The third-order valence-corrected chi connectivity index (χ3v) is 2.07. The lowest BCUT2D eigenvalue weighted by molar-refractivity contribution is -0.118. The molecule has 0 aliphatic carbocycles. The van der Waals surface area contributed by atoms with Crippen LogP contribution in [0.25, 0.3) is 6.08 Å².